The maximum absolute atomic E-state index is 12.0. The van der Waals surface area contributed by atoms with E-state index in [0.29, 0.717) is 10.0 Å². The summed E-state index contributed by atoms with van der Waals surface area (Å²) < 4.78 is 0.933. The van der Waals surface area contributed by atoms with Gasteiger partial charge in [0.2, 0.25) is 5.91 Å². The van der Waals surface area contributed by atoms with Gasteiger partial charge in [-0.3, -0.25) is 4.79 Å². The SMILES string of the molecule is Cc1cc(Br)cc(NC(=O)Cc2ccc(Cl)c(Cl)c2)c1. The molecule has 5 heteroatoms. The summed E-state index contributed by atoms with van der Waals surface area (Å²) in [6, 6.07) is 10.9. The monoisotopic (exact) mass is 371 g/mol. The Kier molecular flexibility index (Phi) is 5.08. The van der Waals surface area contributed by atoms with Crippen molar-refractivity contribution in [1.82, 2.24) is 0 Å². The number of nitrogens with one attached hydrogen (secondary N) is 1. The summed E-state index contributed by atoms with van der Waals surface area (Å²) >= 11 is 15.2. The molecule has 2 aromatic rings. The molecule has 2 rings (SSSR count). The molecule has 0 radical (unpaired) electrons. The fourth-order valence-corrected chi connectivity index (χ4v) is 2.78. The van der Waals surface area contributed by atoms with E-state index < -0.39 is 0 Å². The van der Waals surface area contributed by atoms with Gasteiger partial charge >= 0.3 is 0 Å². The second-order valence-electron chi connectivity index (χ2n) is 4.49. The first-order valence-corrected chi connectivity index (χ1v) is 7.50. The Balaban J connectivity index is 2.06. The number of anilines is 1. The van der Waals surface area contributed by atoms with Gasteiger partial charge < -0.3 is 5.32 Å². The van der Waals surface area contributed by atoms with Crippen LogP contribution in [-0.4, -0.2) is 5.91 Å². The van der Waals surface area contributed by atoms with Gasteiger partial charge in [-0.2, -0.15) is 0 Å². The highest BCUT2D eigenvalue weighted by molar-refractivity contribution is 9.10. The van der Waals surface area contributed by atoms with Gasteiger partial charge in [-0.05, 0) is 48.4 Å². The predicted molar refractivity (Wildman–Crippen MR) is 87.7 cm³/mol. The Morgan fingerprint density at radius 3 is 2.55 bits per heavy atom. The summed E-state index contributed by atoms with van der Waals surface area (Å²) in [6.07, 6.45) is 0.252. The minimum atomic E-state index is -0.0964. The van der Waals surface area contributed by atoms with Gasteiger partial charge in [0.15, 0.2) is 0 Å². The minimum Gasteiger partial charge on any atom is -0.326 e. The molecule has 1 N–H and O–H groups in total. The highest BCUT2D eigenvalue weighted by Gasteiger charge is 2.07. The number of carbonyl (C=O) groups excluding carboxylic acids is 1. The Morgan fingerprint density at radius 2 is 1.90 bits per heavy atom. The number of carbonyl (C=O) groups is 1. The first-order valence-electron chi connectivity index (χ1n) is 5.95. The Bertz CT molecular complexity index is 638. The summed E-state index contributed by atoms with van der Waals surface area (Å²) in [5.74, 6) is -0.0964. The zero-order valence-electron chi connectivity index (χ0n) is 10.7. The van der Waals surface area contributed by atoms with Crippen LogP contribution in [0.5, 0.6) is 0 Å². The van der Waals surface area contributed by atoms with E-state index in [9.17, 15) is 4.79 Å². The summed E-state index contributed by atoms with van der Waals surface area (Å²) in [5, 5.41) is 3.80. The molecule has 104 valence electrons. The Labute approximate surface area is 136 Å². The smallest absolute Gasteiger partial charge is 0.228 e. The second kappa shape index (κ2) is 6.61. The normalized spacial score (nSPS) is 10.4. The minimum absolute atomic E-state index is 0.0964. The van der Waals surface area contributed by atoms with Gasteiger partial charge in [0, 0.05) is 10.2 Å². The van der Waals surface area contributed by atoms with Crippen LogP contribution < -0.4 is 5.32 Å². The number of benzene rings is 2. The highest BCUT2D eigenvalue weighted by atomic mass is 79.9. The number of amides is 1. The fraction of sp³-hybridized carbons (Fsp3) is 0.133. The van der Waals surface area contributed by atoms with Crippen molar-refractivity contribution in [3.63, 3.8) is 0 Å². The van der Waals surface area contributed by atoms with Gasteiger partial charge in [0.25, 0.3) is 0 Å². The zero-order chi connectivity index (χ0) is 14.7. The molecule has 0 heterocycles. The summed E-state index contributed by atoms with van der Waals surface area (Å²) in [7, 11) is 0. The van der Waals surface area contributed by atoms with E-state index in [1.54, 1.807) is 18.2 Å². The molecule has 0 aromatic heterocycles. The van der Waals surface area contributed by atoms with Crippen LogP contribution in [-0.2, 0) is 11.2 Å². The second-order valence-corrected chi connectivity index (χ2v) is 6.22. The van der Waals surface area contributed by atoms with Crippen molar-refractivity contribution in [2.24, 2.45) is 0 Å². The molecule has 0 bridgehead atoms. The Morgan fingerprint density at radius 1 is 1.15 bits per heavy atom. The molecule has 0 aliphatic heterocycles. The van der Waals surface area contributed by atoms with Gasteiger partial charge in [-0.25, -0.2) is 0 Å². The fourth-order valence-electron chi connectivity index (χ4n) is 1.85. The molecule has 20 heavy (non-hydrogen) atoms. The zero-order valence-corrected chi connectivity index (χ0v) is 13.8. The molecule has 0 saturated heterocycles. The lowest BCUT2D eigenvalue weighted by molar-refractivity contribution is -0.115. The number of halogens is 3. The molecule has 0 atom stereocenters. The highest BCUT2D eigenvalue weighted by Crippen LogP contribution is 2.23. The maximum Gasteiger partial charge on any atom is 0.228 e. The van der Waals surface area contributed by atoms with Gasteiger partial charge in [0.1, 0.15) is 0 Å². The number of rotatable bonds is 3. The summed E-state index contributed by atoms with van der Waals surface area (Å²) in [4.78, 5) is 12.0. The average molecular weight is 373 g/mol. The molecule has 0 fully saturated rings. The van der Waals surface area contributed by atoms with Crippen molar-refractivity contribution in [3.8, 4) is 0 Å². The number of hydrogen-bond acceptors (Lipinski definition) is 1. The first kappa shape index (κ1) is 15.4. The maximum atomic E-state index is 12.0. The third-order valence-corrected chi connectivity index (χ3v) is 3.87. The van der Waals surface area contributed by atoms with Crippen LogP contribution in [0.1, 0.15) is 11.1 Å². The summed E-state index contributed by atoms with van der Waals surface area (Å²) in [5.41, 5.74) is 2.66. The van der Waals surface area contributed by atoms with Crippen LogP contribution >= 0.6 is 39.1 Å². The van der Waals surface area contributed by atoms with E-state index in [4.69, 9.17) is 23.2 Å². The first-order chi connectivity index (χ1) is 9.44. The average Bonchev–Trinajstić information content (AvgIpc) is 2.32. The predicted octanol–water partition coefficient (Wildman–Crippen LogP) is 5.25. The lowest BCUT2D eigenvalue weighted by Gasteiger charge is -2.07. The molecule has 1 amide bonds. The van der Waals surface area contributed by atoms with Crippen LogP contribution in [0.25, 0.3) is 0 Å². The number of aryl methyl sites for hydroxylation is 1. The molecule has 2 nitrogen and oxygen atoms in total. The number of hydrogen-bond donors (Lipinski definition) is 1. The van der Waals surface area contributed by atoms with Crippen molar-refractivity contribution < 1.29 is 4.79 Å². The van der Waals surface area contributed by atoms with Crippen molar-refractivity contribution in [2.45, 2.75) is 13.3 Å². The van der Waals surface area contributed by atoms with E-state index >= 15 is 0 Å². The van der Waals surface area contributed by atoms with Crippen LogP contribution in [0.2, 0.25) is 10.0 Å². The third-order valence-electron chi connectivity index (χ3n) is 2.67. The van der Waals surface area contributed by atoms with E-state index in [-0.39, 0.29) is 12.3 Å². The quantitative estimate of drug-likeness (QED) is 0.783. The summed E-state index contributed by atoms with van der Waals surface area (Å²) in [6.45, 7) is 1.97. The Hall–Kier alpha value is -1.03. The molecule has 0 spiro atoms. The molecule has 0 unspecified atom stereocenters. The van der Waals surface area contributed by atoms with Crippen LogP contribution in [0.3, 0.4) is 0 Å². The van der Waals surface area contributed by atoms with Crippen molar-refractivity contribution in [1.29, 1.82) is 0 Å². The van der Waals surface area contributed by atoms with Gasteiger partial charge in [-0.1, -0.05) is 45.2 Å². The largest absolute Gasteiger partial charge is 0.326 e. The molecule has 2 aromatic carbocycles. The topological polar surface area (TPSA) is 29.1 Å². The van der Waals surface area contributed by atoms with Crippen molar-refractivity contribution in [2.75, 3.05) is 5.32 Å². The third kappa shape index (κ3) is 4.23. The van der Waals surface area contributed by atoms with E-state index in [0.717, 1.165) is 21.3 Å². The van der Waals surface area contributed by atoms with Crippen LogP contribution in [0.4, 0.5) is 5.69 Å². The molecular weight excluding hydrogens is 361 g/mol. The van der Waals surface area contributed by atoms with Crippen molar-refractivity contribution in [3.05, 3.63) is 62.0 Å². The lowest BCUT2D eigenvalue weighted by atomic mass is 10.1. The van der Waals surface area contributed by atoms with Crippen molar-refractivity contribution >= 4 is 50.7 Å². The molecular formula is C15H12BrCl2NO. The van der Waals surface area contributed by atoms with E-state index in [1.165, 1.54) is 0 Å². The lowest BCUT2D eigenvalue weighted by Crippen LogP contribution is -2.14. The van der Waals surface area contributed by atoms with Gasteiger partial charge in [-0.15, -0.1) is 0 Å². The molecule has 0 saturated carbocycles. The van der Waals surface area contributed by atoms with Crippen LogP contribution in [0.15, 0.2) is 40.9 Å². The van der Waals surface area contributed by atoms with Gasteiger partial charge in [0.05, 0.1) is 16.5 Å². The standard InChI is InChI=1S/C15H12BrCl2NO/c1-9-4-11(16)8-12(5-9)19-15(20)7-10-2-3-13(17)14(18)6-10/h2-6,8H,7H2,1H3,(H,19,20). The molecule has 0 aliphatic rings. The van der Waals surface area contributed by atoms with E-state index in [2.05, 4.69) is 21.2 Å². The van der Waals surface area contributed by atoms with E-state index in [1.807, 2.05) is 25.1 Å². The molecule has 0 aliphatic carbocycles. The van der Waals surface area contributed by atoms with Crippen LogP contribution in [0, 0.1) is 6.92 Å².